The van der Waals surface area contributed by atoms with Crippen LogP contribution in [0.5, 0.6) is 0 Å². The highest BCUT2D eigenvalue weighted by Crippen LogP contribution is 2.55. The number of benzene rings is 10. The fourth-order valence-corrected chi connectivity index (χ4v) is 14.9. The third kappa shape index (κ3) is 7.38. The first-order chi connectivity index (χ1) is 37.2. The predicted octanol–water partition coefficient (Wildman–Crippen LogP) is 20.6. The summed E-state index contributed by atoms with van der Waals surface area (Å²) in [6.45, 7) is 0. The fourth-order valence-electron chi connectivity index (χ4n) is 11.0. The molecule has 0 aliphatic heterocycles. The van der Waals surface area contributed by atoms with Gasteiger partial charge in [-0.2, -0.15) is 0 Å². The van der Waals surface area contributed by atoms with Crippen molar-refractivity contribution in [2.45, 2.75) is 0 Å². The van der Waals surface area contributed by atoms with E-state index in [0.29, 0.717) is 0 Å². The van der Waals surface area contributed by atoms with Crippen molar-refractivity contribution >= 4 is 129 Å². The number of anilines is 6. The number of thiophene rings is 3. The van der Waals surface area contributed by atoms with Gasteiger partial charge < -0.3 is 18.9 Å². The molecular weight excluding hydrogens is 969 g/mol. The lowest BCUT2D eigenvalue weighted by Gasteiger charge is -2.23. The Hall–Kier alpha value is -8.98. The van der Waals surface area contributed by atoms with E-state index in [9.17, 15) is 0 Å². The van der Waals surface area contributed by atoms with Gasteiger partial charge in [-0.05, 0) is 141 Å². The van der Waals surface area contributed by atoms with E-state index in [4.69, 9.17) is 0 Å². The summed E-state index contributed by atoms with van der Waals surface area (Å²) in [5, 5.41) is 7.30. The van der Waals surface area contributed by atoms with Crippen LogP contribution >= 0.6 is 34.0 Å². The molecule has 0 saturated heterocycles. The van der Waals surface area contributed by atoms with Gasteiger partial charge in [-0.3, -0.25) is 0 Å². The van der Waals surface area contributed by atoms with E-state index in [2.05, 4.69) is 286 Å². The summed E-state index contributed by atoms with van der Waals surface area (Å²) in [5.74, 6) is 0. The van der Waals surface area contributed by atoms with Gasteiger partial charge in [0.2, 0.25) is 0 Å². The number of hydrogen-bond donors (Lipinski definition) is 0. The number of fused-ring (bicyclic) bond motifs is 9. The molecule has 0 atom stereocenters. The number of rotatable bonds is 10. The molecule has 4 nitrogen and oxygen atoms in total. The van der Waals surface area contributed by atoms with Crippen molar-refractivity contribution in [3.63, 3.8) is 0 Å². The molecule has 0 amide bonds. The standard InChI is InChI=1S/C68H44N4S3/c1-5-21-53(22-6-1)69(54-23-7-2-8-24-54)61-43-59-65(73-61)67-63(71(59)57-37-33-47(34-38-57)51-31-29-45-17-13-15-19-49(45)41-51)64-68(75-67)66-60(44-62(74-66)70(55-25-9-3-10-26-55)56-27-11-4-12-28-56)72(64)58-39-35-48(36-40-58)52-32-30-46-18-14-16-20-50(46)42-52/h1-44H. The molecule has 15 aromatic rings. The van der Waals surface area contributed by atoms with Gasteiger partial charge in [0, 0.05) is 34.1 Å². The molecule has 0 spiro atoms. The van der Waals surface area contributed by atoms with E-state index < -0.39 is 0 Å². The minimum Gasteiger partial charge on any atom is -0.305 e. The van der Waals surface area contributed by atoms with Gasteiger partial charge in [0.1, 0.15) is 10.0 Å². The molecule has 0 fully saturated rings. The van der Waals surface area contributed by atoms with E-state index in [1.165, 1.54) is 84.7 Å². The monoisotopic (exact) mass is 1010 g/mol. The lowest BCUT2D eigenvalue weighted by Crippen LogP contribution is -2.08. The second-order valence-corrected chi connectivity index (χ2v) is 22.0. The molecule has 354 valence electrons. The van der Waals surface area contributed by atoms with Crippen LogP contribution in [0.25, 0.3) is 96.0 Å². The maximum Gasteiger partial charge on any atom is 0.103 e. The third-order valence-electron chi connectivity index (χ3n) is 14.5. The molecule has 5 aromatic heterocycles. The summed E-state index contributed by atoms with van der Waals surface area (Å²) in [6, 6.07) is 97.2. The molecule has 7 heteroatoms. The first-order valence-corrected chi connectivity index (χ1v) is 27.7. The van der Waals surface area contributed by atoms with E-state index in [1.807, 2.05) is 34.0 Å². The summed E-state index contributed by atoms with van der Waals surface area (Å²) in [6.07, 6.45) is 0. The Morgan fingerprint density at radius 3 is 0.933 bits per heavy atom. The molecule has 10 aromatic carbocycles. The van der Waals surface area contributed by atoms with Crippen molar-refractivity contribution in [3.8, 4) is 33.6 Å². The second-order valence-electron chi connectivity index (χ2n) is 19.0. The van der Waals surface area contributed by atoms with E-state index in [-0.39, 0.29) is 0 Å². The quantitative estimate of drug-likeness (QED) is 0.136. The second kappa shape index (κ2) is 17.9. The van der Waals surface area contributed by atoms with Gasteiger partial charge in [-0.1, -0.05) is 170 Å². The van der Waals surface area contributed by atoms with Crippen LogP contribution in [0.4, 0.5) is 32.8 Å². The third-order valence-corrected chi connectivity index (χ3v) is 18.2. The van der Waals surface area contributed by atoms with Crippen LogP contribution in [-0.4, -0.2) is 9.13 Å². The molecule has 75 heavy (non-hydrogen) atoms. The smallest absolute Gasteiger partial charge is 0.103 e. The molecule has 0 saturated carbocycles. The maximum absolute atomic E-state index is 2.55. The van der Waals surface area contributed by atoms with Crippen LogP contribution in [0.3, 0.4) is 0 Å². The normalized spacial score (nSPS) is 11.7. The number of para-hydroxylation sites is 4. The van der Waals surface area contributed by atoms with Crippen molar-refractivity contribution in [3.05, 3.63) is 267 Å². The van der Waals surface area contributed by atoms with E-state index in [0.717, 1.165) is 44.1 Å². The van der Waals surface area contributed by atoms with Crippen LogP contribution < -0.4 is 9.80 Å². The van der Waals surface area contributed by atoms with Gasteiger partial charge >= 0.3 is 0 Å². The largest absolute Gasteiger partial charge is 0.305 e. The average molecular weight is 1010 g/mol. The molecule has 0 radical (unpaired) electrons. The Balaban J connectivity index is 0.989. The first-order valence-electron chi connectivity index (χ1n) is 25.2. The highest BCUT2D eigenvalue weighted by molar-refractivity contribution is 7.35. The molecule has 0 N–H and O–H groups in total. The molecule has 15 rings (SSSR count). The van der Waals surface area contributed by atoms with Gasteiger partial charge in [0.25, 0.3) is 0 Å². The Morgan fingerprint density at radius 1 is 0.253 bits per heavy atom. The lowest BCUT2D eigenvalue weighted by molar-refractivity contribution is 1.15. The van der Waals surface area contributed by atoms with Gasteiger partial charge in [0.05, 0.1) is 40.9 Å². The van der Waals surface area contributed by atoms with Crippen LogP contribution in [0.2, 0.25) is 0 Å². The summed E-state index contributed by atoms with van der Waals surface area (Å²) in [5.41, 5.74) is 16.4. The number of aromatic nitrogens is 2. The summed E-state index contributed by atoms with van der Waals surface area (Å²) in [4.78, 5) is 4.81. The molecule has 0 aliphatic carbocycles. The number of hydrogen-bond acceptors (Lipinski definition) is 5. The Morgan fingerprint density at radius 2 is 0.573 bits per heavy atom. The molecule has 0 bridgehead atoms. The zero-order chi connectivity index (χ0) is 49.4. The van der Waals surface area contributed by atoms with Gasteiger partial charge in [-0.15, -0.1) is 34.0 Å². The van der Waals surface area contributed by atoms with Crippen molar-refractivity contribution in [1.29, 1.82) is 0 Å². The highest BCUT2D eigenvalue weighted by atomic mass is 32.1. The van der Waals surface area contributed by atoms with Crippen LogP contribution in [-0.2, 0) is 0 Å². The van der Waals surface area contributed by atoms with Gasteiger partial charge in [-0.25, -0.2) is 0 Å². The van der Waals surface area contributed by atoms with Gasteiger partial charge in [0.15, 0.2) is 0 Å². The maximum atomic E-state index is 2.55. The fraction of sp³-hybridized carbons (Fsp3) is 0. The van der Waals surface area contributed by atoms with E-state index in [1.54, 1.807) is 0 Å². The average Bonchev–Trinajstić information content (AvgIpc) is 4.45. The zero-order valence-corrected chi connectivity index (χ0v) is 42.9. The SMILES string of the molecule is c1ccc(N(c2ccccc2)c2cc3c(s2)c2sc4c5sc(N(c6ccccc6)c6ccccc6)cc5n(-c5ccc(-c6ccc7ccccc7c6)cc5)c4c2n3-c2ccc(-c3ccc4ccccc4c3)cc2)cc1. The molecule has 0 aliphatic rings. The van der Waals surface area contributed by atoms with Crippen LogP contribution in [0, 0.1) is 0 Å². The molecular formula is C68H44N4S3. The predicted molar refractivity (Wildman–Crippen MR) is 324 cm³/mol. The zero-order valence-electron chi connectivity index (χ0n) is 40.4. The molecule has 0 unspecified atom stereocenters. The summed E-state index contributed by atoms with van der Waals surface area (Å²) < 4.78 is 10.2. The minimum atomic E-state index is 1.12. The minimum absolute atomic E-state index is 1.12. The first kappa shape index (κ1) is 43.6. The highest BCUT2D eigenvalue weighted by Gasteiger charge is 2.29. The van der Waals surface area contributed by atoms with E-state index >= 15 is 0 Å². The Kier molecular flexibility index (Phi) is 10.4. The Bertz CT molecular complexity index is 4200. The van der Waals surface area contributed by atoms with Crippen molar-refractivity contribution < 1.29 is 0 Å². The summed E-state index contributed by atoms with van der Waals surface area (Å²) in [7, 11) is 0. The Labute approximate surface area is 445 Å². The summed E-state index contributed by atoms with van der Waals surface area (Å²) >= 11 is 5.68. The van der Waals surface area contributed by atoms with Crippen molar-refractivity contribution in [1.82, 2.24) is 9.13 Å². The number of nitrogens with zero attached hydrogens (tertiary/aromatic N) is 4. The molecule has 5 heterocycles. The topological polar surface area (TPSA) is 16.3 Å². The van der Waals surface area contributed by atoms with Crippen LogP contribution in [0.1, 0.15) is 0 Å². The van der Waals surface area contributed by atoms with Crippen molar-refractivity contribution in [2.75, 3.05) is 9.80 Å². The lowest BCUT2D eigenvalue weighted by atomic mass is 10.0. The van der Waals surface area contributed by atoms with Crippen LogP contribution in [0.15, 0.2) is 267 Å². The van der Waals surface area contributed by atoms with Crippen molar-refractivity contribution in [2.24, 2.45) is 0 Å².